The standard InChI is InChI=1S/C14H10FNO/c1-9-6-12(15)3-4-13(9)10-2-5-14(17)11(7-10)8-16/h2-7,17H,1H3. The maximum absolute atomic E-state index is 13.0. The molecule has 0 saturated heterocycles. The smallest absolute Gasteiger partial charge is 0.133 e. The van der Waals surface area contributed by atoms with Crippen LogP contribution >= 0.6 is 0 Å². The van der Waals surface area contributed by atoms with Gasteiger partial charge in [-0.2, -0.15) is 5.26 Å². The predicted octanol–water partition coefficient (Wildman–Crippen LogP) is 3.38. The van der Waals surface area contributed by atoms with E-state index in [-0.39, 0.29) is 17.1 Å². The van der Waals surface area contributed by atoms with Gasteiger partial charge in [0, 0.05) is 0 Å². The van der Waals surface area contributed by atoms with Crippen molar-refractivity contribution in [2.24, 2.45) is 0 Å². The van der Waals surface area contributed by atoms with E-state index in [4.69, 9.17) is 5.26 Å². The first kappa shape index (κ1) is 11.2. The molecule has 3 heteroatoms. The Morgan fingerprint density at radius 1 is 1.18 bits per heavy atom. The second-order valence-corrected chi connectivity index (χ2v) is 3.80. The second kappa shape index (κ2) is 4.26. The van der Waals surface area contributed by atoms with Gasteiger partial charge in [0.1, 0.15) is 17.6 Å². The van der Waals surface area contributed by atoms with Gasteiger partial charge in [0.05, 0.1) is 5.56 Å². The summed E-state index contributed by atoms with van der Waals surface area (Å²) in [4.78, 5) is 0. The van der Waals surface area contributed by atoms with E-state index >= 15 is 0 Å². The Morgan fingerprint density at radius 3 is 2.59 bits per heavy atom. The Labute approximate surface area is 98.6 Å². The molecule has 17 heavy (non-hydrogen) atoms. The van der Waals surface area contributed by atoms with Gasteiger partial charge < -0.3 is 5.11 Å². The summed E-state index contributed by atoms with van der Waals surface area (Å²) in [5, 5.41) is 18.2. The van der Waals surface area contributed by atoms with Crippen molar-refractivity contribution >= 4 is 0 Å². The van der Waals surface area contributed by atoms with Crippen molar-refractivity contribution in [3.8, 4) is 22.9 Å². The Morgan fingerprint density at radius 2 is 1.94 bits per heavy atom. The Balaban J connectivity index is 2.58. The molecule has 0 aliphatic rings. The molecule has 84 valence electrons. The topological polar surface area (TPSA) is 44.0 Å². The van der Waals surface area contributed by atoms with Crippen molar-refractivity contribution in [3.05, 3.63) is 53.3 Å². The second-order valence-electron chi connectivity index (χ2n) is 3.80. The van der Waals surface area contributed by atoms with Gasteiger partial charge in [0.15, 0.2) is 0 Å². The maximum atomic E-state index is 13.0. The zero-order chi connectivity index (χ0) is 12.4. The minimum atomic E-state index is -0.287. The van der Waals surface area contributed by atoms with Crippen LogP contribution in [0.25, 0.3) is 11.1 Å². The average molecular weight is 227 g/mol. The monoisotopic (exact) mass is 227 g/mol. The molecule has 0 fully saturated rings. The van der Waals surface area contributed by atoms with E-state index in [0.717, 1.165) is 16.7 Å². The molecule has 0 saturated carbocycles. The third-order valence-electron chi connectivity index (χ3n) is 2.62. The van der Waals surface area contributed by atoms with E-state index < -0.39 is 0 Å². The van der Waals surface area contributed by atoms with Gasteiger partial charge >= 0.3 is 0 Å². The van der Waals surface area contributed by atoms with Gasteiger partial charge in [-0.15, -0.1) is 0 Å². The summed E-state index contributed by atoms with van der Waals surface area (Å²) in [6.07, 6.45) is 0. The lowest BCUT2D eigenvalue weighted by Crippen LogP contribution is -1.86. The lowest BCUT2D eigenvalue weighted by molar-refractivity contribution is 0.473. The van der Waals surface area contributed by atoms with Crippen LogP contribution in [0.1, 0.15) is 11.1 Å². The summed E-state index contributed by atoms with van der Waals surface area (Å²) in [6.45, 7) is 1.80. The van der Waals surface area contributed by atoms with Gasteiger partial charge in [-0.3, -0.25) is 0 Å². The molecule has 0 spiro atoms. The predicted molar refractivity (Wildman–Crippen MR) is 63.0 cm³/mol. The quantitative estimate of drug-likeness (QED) is 0.811. The molecule has 0 radical (unpaired) electrons. The molecule has 0 heterocycles. The summed E-state index contributed by atoms with van der Waals surface area (Å²) in [5.74, 6) is -0.332. The first-order valence-electron chi connectivity index (χ1n) is 5.11. The van der Waals surface area contributed by atoms with E-state index in [2.05, 4.69) is 0 Å². The van der Waals surface area contributed by atoms with Gasteiger partial charge in [0.25, 0.3) is 0 Å². The molecule has 0 amide bonds. The summed E-state index contributed by atoms with van der Waals surface area (Å²) in [7, 11) is 0. The van der Waals surface area contributed by atoms with Crippen molar-refractivity contribution in [1.82, 2.24) is 0 Å². The number of aryl methyl sites for hydroxylation is 1. The van der Waals surface area contributed by atoms with Crippen molar-refractivity contribution in [2.75, 3.05) is 0 Å². The van der Waals surface area contributed by atoms with E-state index in [0.29, 0.717) is 0 Å². The molecular formula is C14H10FNO. The number of nitrogens with zero attached hydrogens (tertiary/aromatic N) is 1. The highest BCUT2D eigenvalue weighted by molar-refractivity contribution is 5.70. The zero-order valence-electron chi connectivity index (χ0n) is 9.24. The first-order chi connectivity index (χ1) is 8.11. The molecule has 0 bridgehead atoms. The van der Waals surface area contributed by atoms with E-state index in [1.54, 1.807) is 25.1 Å². The third kappa shape index (κ3) is 2.11. The first-order valence-corrected chi connectivity index (χ1v) is 5.11. The zero-order valence-corrected chi connectivity index (χ0v) is 9.24. The van der Waals surface area contributed by atoms with Crippen LogP contribution in [0.2, 0.25) is 0 Å². The van der Waals surface area contributed by atoms with Crippen LogP contribution in [0.15, 0.2) is 36.4 Å². The number of benzene rings is 2. The average Bonchev–Trinajstić information content (AvgIpc) is 2.30. The highest BCUT2D eigenvalue weighted by Gasteiger charge is 2.06. The van der Waals surface area contributed by atoms with E-state index in [1.807, 2.05) is 6.07 Å². The molecule has 0 atom stereocenters. The summed E-state index contributed by atoms with van der Waals surface area (Å²) in [6, 6.07) is 11.2. The van der Waals surface area contributed by atoms with Crippen molar-refractivity contribution in [2.45, 2.75) is 6.92 Å². The Bertz CT molecular complexity index is 614. The fraction of sp³-hybridized carbons (Fsp3) is 0.0714. The normalized spacial score (nSPS) is 9.94. The fourth-order valence-corrected chi connectivity index (χ4v) is 1.74. The van der Waals surface area contributed by atoms with Crippen molar-refractivity contribution in [3.63, 3.8) is 0 Å². The summed E-state index contributed by atoms with van der Waals surface area (Å²) >= 11 is 0. The molecule has 0 unspecified atom stereocenters. The number of hydrogen-bond donors (Lipinski definition) is 1. The number of phenols is 1. The van der Waals surface area contributed by atoms with Crippen LogP contribution in [-0.2, 0) is 0 Å². The van der Waals surface area contributed by atoms with Gasteiger partial charge in [-0.25, -0.2) is 4.39 Å². The molecule has 2 aromatic carbocycles. The van der Waals surface area contributed by atoms with Crippen LogP contribution < -0.4 is 0 Å². The van der Waals surface area contributed by atoms with E-state index in [1.165, 1.54) is 18.2 Å². The maximum Gasteiger partial charge on any atom is 0.133 e. The molecular weight excluding hydrogens is 217 g/mol. The highest BCUT2D eigenvalue weighted by atomic mass is 19.1. The van der Waals surface area contributed by atoms with Gasteiger partial charge in [-0.05, 0) is 47.9 Å². The third-order valence-corrected chi connectivity index (χ3v) is 2.62. The summed E-state index contributed by atoms with van der Waals surface area (Å²) < 4.78 is 13.0. The van der Waals surface area contributed by atoms with Crippen molar-refractivity contribution in [1.29, 1.82) is 5.26 Å². The molecule has 1 N–H and O–H groups in total. The number of phenolic OH excluding ortho intramolecular Hbond substituents is 1. The Hall–Kier alpha value is -2.34. The molecule has 2 aromatic rings. The minimum Gasteiger partial charge on any atom is -0.507 e. The van der Waals surface area contributed by atoms with Crippen LogP contribution in [0, 0.1) is 24.1 Å². The van der Waals surface area contributed by atoms with E-state index in [9.17, 15) is 9.50 Å². The Kier molecular flexibility index (Phi) is 2.80. The summed E-state index contributed by atoms with van der Waals surface area (Å²) in [5.41, 5.74) is 2.64. The number of nitriles is 1. The van der Waals surface area contributed by atoms with Crippen LogP contribution in [-0.4, -0.2) is 5.11 Å². The molecule has 0 aliphatic heterocycles. The lowest BCUT2D eigenvalue weighted by atomic mass is 9.98. The molecule has 2 rings (SSSR count). The number of aromatic hydroxyl groups is 1. The SMILES string of the molecule is Cc1cc(F)ccc1-c1ccc(O)c(C#N)c1. The minimum absolute atomic E-state index is 0.0454. The molecule has 2 nitrogen and oxygen atoms in total. The van der Waals surface area contributed by atoms with Gasteiger partial charge in [-0.1, -0.05) is 12.1 Å². The number of rotatable bonds is 1. The number of hydrogen-bond acceptors (Lipinski definition) is 2. The lowest BCUT2D eigenvalue weighted by Gasteiger charge is -2.07. The molecule has 0 aromatic heterocycles. The van der Waals surface area contributed by atoms with Crippen LogP contribution in [0.4, 0.5) is 4.39 Å². The molecule has 0 aliphatic carbocycles. The fourth-order valence-electron chi connectivity index (χ4n) is 1.74. The number of halogens is 1. The largest absolute Gasteiger partial charge is 0.507 e. The van der Waals surface area contributed by atoms with Crippen molar-refractivity contribution < 1.29 is 9.50 Å². The van der Waals surface area contributed by atoms with Gasteiger partial charge in [0.2, 0.25) is 0 Å². The van der Waals surface area contributed by atoms with Crippen LogP contribution in [0.3, 0.4) is 0 Å². The van der Waals surface area contributed by atoms with Crippen LogP contribution in [0.5, 0.6) is 5.75 Å². The highest BCUT2D eigenvalue weighted by Crippen LogP contribution is 2.28.